The highest BCUT2D eigenvalue weighted by Gasteiger charge is 2.34. The van der Waals surface area contributed by atoms with Gasteiger partial charge in [-0.25, -0.2) is 0 Å². The number of carbonyl (C=O) groups is 1. The first-order chi connectivity index (χ1) is 16.0. The summed E-state index contributed by atoms with van der Waals surface area (Å²) in [6, 6.07) is 15.8. The Labute approximate surface area is 197 Å². The summed E-state index contributed by atoms with van der Waals surface area (Å²) in [5.41, 5.74) is 4.41. The fraction of sp³-hybridized carbons (Fsp3) is 0.429. The van der Waals surface area contributed by atoms with Crippen LogP contribution in [0, 0.1) is 11.3 Å². The van der Waals surface area contributed by atoms with E-state index in [1.165, 1.54) is 17.5 Å². The van der Waals surface area contributed by atoms with E-state index < -0.39 is 0 Å². The van der Waals surface area contributed by atoms with E-state index in [1.54, 1.807) is 7.11 Å². The van der Waals surface area contributed by atoms with Gasteiger partial charge in [-0.3, -0.25) is 9.69 Å². The molecule has 0 atom stereocenters. The summed E-state index contributed by atoms with van der Waals surface area (Å²) < 4.78 is 5.30. The molecule has 1 saturated carbocycles. The number of rotatable bonds is 7. The molecule has 1 amide bonds. The molecule has 0 aromatic heterocycles. The van der Waals surface area contributed by atoms with E-state index in [2.05, 4.69) is 28.9 Å². The van der Waals surface area contributed by atoms with Crippen molar-refractivity contribution in [3.63, 3.8) is 0 Å². The molecule has 4 rings (SSSR count). The lowest BCUT2D eigenvalue weighted by Crippen LogP contribution is -2.51. The lowest BCUT2D eigenvalue weighted by atomic mass is 9.78. The average molecular weight is 444 g/mol. The zero-order valence-corrected chi connectivity index (χ0v) is 19.5. The number of hydrogen-bond donors (Lipinski definition) is 1. The van der Waals surface area contributed by atoms with Crippen molar-refractivity contribution in [2.45, 2.75) is 57.0 Å². The van der Waals surface area contributed by atoms with E-state index in [0.717, 1.165) is 75.0 Å². The molecule has 0 bridgehead atoms. The van der Waals surface area contributed by atoms with Crippen molar-refractivity contribution in [1.82, 2.24) is 10.2 Å². The number of fused-ring (bicyclic) bond motifs is 1. The van der Waals surface area contributed by atoms with Gasteiger partial charge < -0.3 is 10.1 Å². The predicted octanol–water partition coefficient (Wildman–Crippen LogP) is 4.85. The molecular weight excluding hydrogens is 410 g/mol. The smallest absolute Gasteiger partial charge is 0.251 e. The molecule has 1 fully saturated rings. The topological polar surface area (TPSA) is 65.4 Å². The van der Waals surface area contributed by atoms with Crippen LogP contribution in [0.5, 0.6) is 5.75 Å². The zero-order chi connectivity index (χ0) is 23.3. The summed E-state index contributed by atoms with van der Waals surface area (Å²) in [5, 5.41) is 12.6. The van der Waals surface area contributed by atoms with Crippen molar-refractivity contribution in [2.75, 3.05) is 20.2 Å². The second-order valence-electron chi connectivity index (χ2n) is 9.38. The Balaban J connectivity index is 1.42. The highest BCUT2D eigenvalue weighted by molar-refractivity contribution is 6.19. The number of nitrogens with zero attached hydrogens (tertiary/aromatic N) is 2. The molecule has 0 spiro atoms. The quantitative estimate of drug-likeness (QED) is 0.622. The van der Waals surface area contributed by atoms with Gasteiger partial charge in [0.1, 0.15) is 5.75 Å². The number of hydrogen-bond acceptors (Lipinski definition) is 4. The number of carbonyl (C=O) groups excluding carboxylic acids is 1. The third kappa shape index (κ3) is 5.46. The van der Waals surface area contributed by atoms with Crippen molar-refractivity contribution in [2.24, 2.45) is 0 Å². The van der Waals surface area contributed by atoms with Crippen LogP contribution < -0.4 is 10.1 Å². The minimum absolute atomic E-state index is 0.0900. The summed E-state index contributed by atoms with van der Waals surface area (Å²) in [7, 11) is 1.62. The highest BCUT2D eigenvalue weighted by atomic mass is 16.5. The molecular formula is C28H33N3O2. The average Bonchev–Trinajstić information content (AvgIpc) is 2.87. The number of amides is 1. The Morgan fingerprint density at radius 1 is 1.18 bits per heavy atom. The Bertz CT molecular complexity index is 1060. The standard InChI is InChI=1S/C28H33N3O2/c1-21(24-7-6-8-26(18-24)33-2)27(32)30-28(12-4-3-5-13-28)14-16-31-15-11-23-10-9-22(19-29)17-25(23)20-31/h6-10,17-18H,1,3-5,11-16,20H2,2H3,(H,30,32). The van der Waals surface area contributed by atoms with Gasteiger partial charge in [0, 0.05) is 30.7 Å². The van der Waals surface area contributed by atoms with Crippen LogP contribution in [0.2, 0.25) is 0 Å². The van der Waals surface area contributed by atoms with E-state index in [9.17, 15) is 10.1 Å². The Kier molecular flexibility index (Phi) is 7.15. The van der Waals surface area contributed by atoms with Gasteiger partial charge >= 0.3 is 0 Å². The van der Waals surface area contributed by atoms with Gasteiger partial charge in [-0.1, -0.05) is 44.0 Å². The molecule has 1 aliphatic carbocycles. The van der Waals surface area contributed by atoms with E-state index in [-0.39, 0.29) is 11.4 Å². The minimum atomic E-state index is -0.189. The second-order valence-corrected chi connectivity index (χ2v) is 9.38. The van der Waals surface area contributed by atoms with Crippen LogP contribution in [0.4, 0.5) is 0 Å². The molecule has 33 heavy (non-hydrogen) atoms. The van der Waals surface area contributed by atoms with Crippen LogP contribution in [-0.2, 0) is 17.8 Å². The van der Waals surface area contributed by atoms with E-state index in [1.807, 2.05) is 36.4 Å². The van der Waals surface area contributed by atoms with Crippen molar-refractivity contribution in [1.29, 1.82) is 5.26 Å². The van der Waals surface area contributed by atoms with Gasteiger partial charge in [0.05, 0.1) is 18.7 Å². The van der Waals surface area contributed by atoms with Crippen LogP contribution in [0.15, 0.2) is 49.0 Å². The van der Waals surface area contributed by atoms with Crippen LogP contribution in [0.3, 0.4) is 0 Å². The minimum Gasteiger partial charge on any atom is -0.497 e. The Hall–Kier alpha value is -3.10. The van der Waals surface area contributed by atoms with Gasteiger partial charge in [0.25, 0.3) is 5.91 Å². The highest BCUT2D eigenvalue weighted by Crippen LogP contribution is 2.33. The van der Waals surface area contributed by atoms with Crippen molar-refractivity contribution in [3.8, 4) is 11.8 Å². The number of nitrogens with one attached hydrogen (secondary N) is 1. The van der Waals surface area contributed by atoms with Crippen molar-refractivity contribution >= 4 is 11.5 Å². The van der Waals surface area contributed by atoms with E-state index in [0.29, 0.717) is 5.57 Å². The first-order valence-electron chi connectivity index (χ1n) is 11.9. The fourth-order valence-electron chi connectivity index (χ4n) is 5.17. The molecule has 5 nitrogen and oxygen atoms in total. The Morgan fingerprint density at radius 3 is 2.76 bits per heavy atom. The molecule has 0 unspecified atom stereocenters. The van der Waals surface area contributed by atoms with Gasteiger partial charge in [-0.2, -0.15) is 5.26 Å². The molecule has 5 heteroatoms. The molecule has 172 valence electrons. The van der Waals surface area contributed by atoms with Gasteiger partial charge in [-0.15, -0.1) is 0 Å². The molecule has 2 aromatic carbocycles. The third-order valence-electron chi connectivity index (χ3n) is 7.21. The lowest BCUT2D eigenvalue weighted by Gasteiger charge is -2.40. The third-order valence-corrected chi connectivity index (χ3v) is 7.21. The summed E-state index contributed by atoms with van der Waals surface area (Å²) in [6.07, 6.45) is 7.45. The molecule has 1 N–H and O–H groups in total. The van der Waals surface area contributed by atoms with Crippen LogP contribution in [-0.4, -0.2) is 36.5 Å². The first-order valence-corrected chi connectivity index (χ1v) is 11.9. The second kappa shape index (κ2) is 10.2. The molecule has 1 aliphatic heterocycles. The molecule has 0 radical (unpaired) electrons. The first kappa shape index (κ1) is 23.1. The van der Waals surface area contributed by atoms with Crippen LogP contribution in [0.25, 0.3) is 5.57 Å². The monoisotopic (exact) mass is 443 g/mol. The van der Waals surface area contributed by atoms with Gasteiger partial charge in [0.15, 0.2) is 0 Å². The molecule has 2 aromatic rings. The Morgan fingerprint density at radius 2 is 2.00 bits per heavy atom. The number of methoxy groups -OCH3 is 1. The predicted molar refractivity (Wildman–Crippen MR) is 131 cm³/mol. The molecule has 2 aliphatic rings. The zero-order valence-electron chi connectivity index (χ0n) is 19.5. The number of benzene rings is 2. The largest absolute Gasteiger partial charge is 0.497 e. The molecule has 1 heterocycles. The van der Waals surface area contributed by atoms with Crippen LogP contribution in [0.1, 0.15) is 60.8 Å². The maximum absolute atomic E-state index is 13.2. The summed E-state index contributed by atoms with van der Waals surface area (Å²) >= 11 is 0. The van der Waals surface area contributed by atoms with E-state index in [4.69, 9.17) is 4.74 Å². The summed E-state index contributed by atoms with van der Waals surface area (Å²) in [5.74, 6) is 0.631. The lowest BCUT2D eigenvalue weighted by molar-refractivity contribution is -0.118. The van der Waals surface area contributed by atoms with Crippen molar-refractivity contribution in [3.05, 3.63) is 71.3 Å². The van der Waals surface area contributed by atoms with Gasteiger partial charge in [0.2, 0.25) is 0 Å². The maximum Gasteiger partial charge on any atom is 0.251 e. The fourth-order valence-corrected chi connectivity index (χ4v) is 5.17. The number of nitriles is 1. The number of ether oxygens (including phenoxy) is 1. The van der Waals surface area contributed by atoms with Gasteiger partial charge in [-0.05, 0) is 66.6 Å². The SMILES string of the molecule is C=C(C(=O)NC1(CCN2CCc3ccc(C#N)cc3C2)CCCCC1)c1cccc(OC)c1. The maximum atomic E-state index is 13.2. The van der Waals surface area contributed by atoms with E-state index >= 15 is 0 Å². The summed E-state index contributed by atoms with van der Waals surface area (Å²) in [4.78, 5) is 15.7. The normalized spacial score (nSPS) is 17.5. The van der Waals surface area contributed by atoms with Crippen molar-refractivity contribution < 1.29 is 9.53 Å². The summed E-state index contributed by atoms with van der Waals surface area (Å²) in [6.45, 7) is 6.90. The van der Waals surface area contributed by atoms with Crippen LogP contribution >= 0.6 is 0 Å². The molecule has 0 saturated heterocycles.